The summed E-state index contributed by atoms with van der Waals surface area (Å²) in [6, 6.07) is 18.2. The highest BCUT2D eigenvalue weighted by molar-refractivity contribution is 6.30. The molecule has 0 bridgehead atoms. The molecule has 32 heavy (non-hydrogen) atoms. The molecule has 1 aliphatic rings. The van der Waals surface area contributed by atoms with Gasteiger partial charge in [0.2, 0.25) is 0 Å². The average molecular weight is 452 g/mol. The van der Waals surface area contributed by atoms with Crippen LogP contribution in [-0.4, -0.2) is 52.4 Å². The lowest BCUT2D eigenvalue weighted by atomic mass is 9.88. The summed E-state index contributed by atoms with van der Waals surface area (Å²) in [4.78, 5) is 21.1. The number of rotatable bonds is 7. The van der Waals surface area contributed by atoms with E-state index in [0.29, 0.717) is 11.6 Å². The third kappa shape index (κ3) is 5.19. The second kappa shape index (κ2) is 9.68. The van der Waals surface area contributed by atoms with Crippen LogP contribution in [0.2, 0.25) is 5.02 Å². The number of amides is 1. The van der Waals surface area contributed by atoms with Crippen LogP contribution in [0.15, 0.2) is 54.6 Å². The molecule has 4 rings (SSSR count). The fourth-order valence-electron chi connectivity index (χ4n) is 5.05. The van der Waals surface area contributed by atoms with Crippen LogP contribution in [0.5, 0.6) is 0 Å². The summed E-state index contributed by atoms with van der Waals surface area (Å²) in [5, 5.41) is 1.88. The molecule has 5 heteroatoms. The molecule has 0 saturated carbocycles. The minimum absolute atomic E-state index is 0.0432. The molecule has 1 atom stereocenters. The van der Waals surface area contributed by atoms with Crippen LogP contribution in [-0.2, 0) is 6.42 Å². The van der Waals surface area contributed by atoms with Gasteiger partial charge < -0.3 is 9.88 Å². The zero-order chi connectivity index (χ0) is 22.7. The van der Waals surface area contributed by atoms with Crippen LogP contribution in [0.3, 0.4) is 0 Å². The maximum atomic E-state index is 13.2. The van der Waals surface area contributed by atoms with Crippen molar-refractivity contribution in [3.8, 4) is 0 Å². The van der Waals surface area contributed by atoms with Crippen molar-refractivity contribution in [2.75, 3.05) is 26.2 Å². The van der Waals surface area contributed by atoms with Crippen molar-refractivity contribution in [3.63, 3.8) is 0 Å². The summed E-state index contributed by atoms with van der Waals surface area (Å²) in [6.07, 6.45) is 3.30. The third-order valence-corrected chi connectivity index (χ3v) is 7.04. The largest absolute Gasteiger partial charge is 0.351 e. The molecule has 1 N–H and O–H groups in total. The third-order valence-electron chi connectivity index (χ3n) is 6.81. The lowest BCUT2D eigenvalue weighted by molar-refractivity contribution is 0.0474. The molecule has 1 unspecified atom stereocenters. The minimum atomic E-state index is 0.0432. The Hall–Kier alpha value is -2.30. The average Bonchev–Trinajstić information content (AvgIpc) is 3.21. The maximum Gasteiger partial charge on any atom is 0.270 e. The Kier molecular flexibility index (Phi) is 6.92. The van der Waals surface area contributed by atoms with Gasteiger partial charge in [0.25, 0.3) is 5.91 Å². The summed E-state index contributed by atoms with van der Waals surface area (Å²) in [5.41, 5.74) is 3.01. The molecule has 1 aliphatic heterocycles. The zero-order valence-electron chi connectivity index (χ0n) is 19.4. The number of aromatic amines is 1. The van der Waals surface area contributed by atoms with Crippen LogP contribution in [0.25, 0.3) is 10.9 Å². The molecular weight excluding hydrogens is 418 g/mol. The van der Waals surface area contributed by atoms with Crippen LogP contribution in [0, 0.1) is 5.92 Å². The SMILES string of the molecule is CCN(CC1CCCN(C(C)(C)Cc2cccc(Cl)c2)C1)C(=O)c1cc2ccccc2[nH]1. The Morgan fingerprint density at radius 1 is 1.19 bits per heavy atom. The van der Waals surface area contributed by atoms with E-state index in [2.05, 4.69) is 42.8 Å². The fraction of sp³-hybridized carbons (Fsp3) is 0.444. The highest BCUT2D eigenvalue weighted by Crippen LogP contribution is 2.28. The molecule has 1 fully saturated rings. The van der Waals surface area contributed by atoms with E-state index in [4.69, 9.17) is 11.6 Å². The quantitative estimate of drug-likeness (QED) is 0.477. The van der Waals surface area contributed by atoms with E-state index in [-0.39, 0.29) is 11.4 Å². The highest BCUT2D eigenvalue weighted by atomic mass is 35.5. The molecule has 3 aromatic rings. The van der Waals surface area contributed by atoms with E-state index in [1.165, 1.54) is 18.4 Å². The number of benzene rings is 2. The molecule has 1 aromatic heterocycles. The number of H-pyrrole nitrogens is 1. The van der Waals surface area contributed by atoms with Crippen molar-refractivity contribution in [2.24, 2.45) is 5.92 Å². The number of nitrogens with one attached hydrogen (secondary N) is 1. The van der Waals surface area contributed by atoms with Crippen molar-refractivity contribution >= 4 is 28.4 Å². The Bertz CT molecular complexity index is 1040. The lowest BCUT2D eigenvalue weighted by Crippen LogP contribution is -2.52. The molecule has 0 aliphatic carbocycles. The van der Waals surface area contributed by atoms with Gasteiger partial charge in [-0.05, 0) is 82.3 Å². The number of carbonyl (C=O) groups is 1. The zero-order valence-corrected chi connectivity index (χ0v) is 20.2. The van der Waals surface area contributed by atoms with Crippen molar-refractivity contribution in [2.45, 2.75) is 45.6 Å². The number of hydrogen-bond acceptors (Lipinski definition) is 2. The van der Waals surface area contributed by atoms with E-state index in [0.717, 1.165) is 48.5 Å². The van der Waals surface area contributed by atoms with Gasteiger partial charge in [-0.2, -0.15) is 0 Å². The monoisotopic (exact) mass is 451 g/mol. The summed E-state index contributed by atoms with van der Waals surface area (Å²) in [6.45, 7) is 10.4. The number of hydrogen-bond donors (Lipinski definition) is 1. The topological polar surface area (TPSA) is 39.3 Å². The number of nitrogens with zero attached hydrogens (tertiary/aromatic N) is 2. The van der Waals surface area contributed by atoms with Crippen molar-refractivity contribution in [1.29, 1.82) is 0 Å². The van der Waals surface area contributed by atoms with Crippen LogP contribution < -0.4 is 0 Å². The van der Waals surface area contributed by atoms with Crippen LogP contribution >= 0.6 is 11.6 Å². The number of halogens is 1. The molecule has 0 spiro atoms. The van der Waals surface area contributed by atoms with E-state index in [1.807, 2.05) is 47.4 Å². The van der Waals surface area contributed by atoms with Crippen LogP contribution in [0.4, 0.5) is 0 Å². The van der Waals surface area contributed by atoms with Crippen molar-refractivity contribution in [3.05, 3.63) is 70.9 Å². The van der Waals surface area contributed by atoms with Gasteiger partial charge in [-0.25, -0.2) is 0 Å². The Labute approximate surface area is 196 Å². The van der Waals surface area contributed by atoms with E-state index in [1.54, 1.807) is 0 Å². The molecule has 1 amide bonds. The highest BCUT2D eigenvalue weighted by Gasteiger charge is 2.33. The summed E-state index contributed by atoms with van der Waals surface area (Å²) < 4.78 is 0. The molecule has 1 saturated heterocycles. The number of para-hydroxylation sites is 1. The Morgan fingerprint density at radius 3 is 2.75 bits per heavy atom. The first-order valence-corrected chi connectivity index (χ1v) is 12.1. The first-order chi connectivity index (χ1) is 15.4. The van der Waals surface area contributed by atoms with Gasteiger partial charge >= 0.3 is 0 Å². The minimum Gasteiger partial charge on any atom is -0.351 e. The summed E-state index contributed by atoms with van der Waals surface area (Å²) >= 11 is 6.21. The molecular formula is C27H34ClN3O. The lowest BCUT2D eigenvalue weighted by Gasteiger charge is -2.44. The van der Waals surface area contributed by atoms with Gasteiger partial charge in [0.05, 0.1) is 0 Å². The number of likely N-dealkylation sites (tertiary alicyclic amines) is 1. The standard InChI is InChI=1S/C27H34ClN3O/c1-4-30(26(32)25-16-22-11-5-6-13-24(22)29-25)18-21-10-8-14-31(19-21)27(2,3)17-20-9-7-12-23(28)15-20/h5-7,9,11-13,15-16,21,29H,4,8,10,14,17-19H2,1-3H3. The van der Waals surface area contributed by atoms with Gasteiger partial charge in [-0.3, -0.25) is 9.69 Å². The van der Waals surface area contributed by atoms with Gasteiger partial charge in [0.15, 0.2) is 0 Å². The Balaban J connectivity index is 1.42. The normalized spacial score (nSPS) is 17.6. The number of fused-ring (bicyclic) bond motifs is 1. The Morgan fingerprint density at radius 2 is 2.00 bits per heavy atom. The molecule has 2 aromatic carbocycles. The first kappa shape index (κ1) is 22.9. The summed E-state index contributed by atoms with van der Waals surface area (Å²) in [5.74, 6) is 0.578. The van der Waals surface area contributed by atoms with Crippen LogP contribution in [0.1, 0.15) is 49.7 Å². The number of piperidine rings is 1. The van der Waals surface area contributed by atoms with Gasteiger partial charge in [-0.15, -0.1) is 0 Å². The molecule has 2 heterocycles. The molecule has 170 valence electrons. The van der Waals surface area contributed by atoms with Crippen molar-refractivity contribution < 1.29 is 4.79 Å². The van der Waals surface area contributed by atoms with Gasteiger partial charge in [-0.1, -0.05) is 41.9 Å². The van der Waals surface area contributed by atoms with Gasteiger partial charge in [0.1, 0.15) is 5.69 Å². The van der Waals surface area contributed by atoms with E-state index < -0.39 is 0 Å². The van der Waals surface area contributed by atoms with E-state index >= 15 is 0 Å². The van der Waals surface area contributed by atoms with E-state index in [9.17, 15) is 4.79 Å². The number of carbonyl (C=O) groups excluding carboxylic acids is 1. The second-order valence-electron chi connectivity index (χ2n) is 9.69. The summed E-state index contributed by atoms with van der Waals surface area (Å²) in [7, 11) is 0. The van der Waals surface area contributed by atoms with Gasteiger partial charge in [0, 0.05) is 41.1 Å². The first-order valence-electron chi connectivity index (χ1n) is 11.7. The second-order valence-corrected chi connectivity index (χ2v) is 10.1. The predicted octanol–water partition coefficient (Wildman–Crippen LogP) is 6.02. The fourth-order valence-corrected chi connectivity index (χ4v) is 5.26. The number of aromatic nitrogens is 1. The van der Waals surface area contributed by atoms with Crippen molar-refractivity contribution in [1.82, 2.24) is 14.8 Å². The predicted molar refractivity (Wildman–Crippen MR) is 133 cm³/mol. The smallest absolute Gasteiger partial charge is 0.270 e. The maximum absolute atomic E-state index is 13.2. The molecule has 4 nitrogen and oxygen atoms in total. The molecule has 0 radical (unpaired) electrons.